The molecule has 0 unspecified atom stereocenters. The van der Waals surface area contributed by atoms with Crippen LogP contribution in [0.4, 0.5) is 5.69 Å². The molecule has 128 valence electrons. The van der Waals surface area contributed by atoms with E-state index in [1.807, 2.05) is 45.1 Å². The second-order valence-electron chi connectivity index (χ2n) is 7.06. The number of benzene rings is 1. The number of likely N-dealkylation sites (tertiary alicyclic amines) is 1. The minimum atomic E-state index is -0.321. The number of hydrogen-bond acceptors (Lipinski definition) is 3. The molecule has 0 aliphatic carbocycles. The van der Waals surface area contributed by atoms with Gasteiger partial charge in [0.25, 0.3) is 0 Å². The molecule has 1 saturated heterocycles. The molecule has 2 amide bonds. The lowest BCUT2D eigenvalue weighted by molar-refractivity contribution is -0.136. The highest BCUT2D eigenvalue weighted by atomic mass is 16.5. The Morgan fingerprint density at radius 2 is 2.12 bits per heavy atom. The lowest BCUT2D eigenvalue weighted by Crippen LogP contribution is -2.40. The van der Waals surface area contributed by atoms with E-state index in [-0.39, 0.29) is 24.0 Å². The van der Waals surface area contributed by atoms with Crippen LogP contribution in [0.5, 0.6) is 5.75 Å². The molecule has 5 nitrogen and oxygen atoms in total. The Kier molecular flexibility index (Phi) is 4.35. The van der Waals surface area contributed by atoms with Crippen molar-refractivity contribution in [2.45, 2.75) is 45.6 Å². The van der Waals surface area contributed by atoms with Gasteiger partial charge in [0.1, 0.15) is 11.4 Å². The zero-order valence-corrected chi connectivity index (χ0v) is 14.5. The van der Waals surface area contributed by atoms with Gasteiger partial charge in [0, 0.05) is 24.2 Å². The third-order valence-corrected chi connectivity index (χ3v) is 4.42. The first kappa shape index (κ1) is 16.6. The van der Waals surface area contributed by atoms with E-state index < -0.39 is 0 Å². The first-order valence-electron chi connectivity index (χ1n) is 8.45. The van der Waals surface area contributed by atoms with Crippen LogP contribution in [-0.4, -0.2) is 35.4 Å². The minimum Gasteiger partial charge on any atom is -0.483 e. The molecule has 1 fully saturated rings. The number of hydrogen-bond donors (Lipinski definition) is 1. The Morgan fingerprint density at radius 1 is 1.33 bits per heavy atom. The number of rotatable bonds is 3. The molecule has 0 spiro atoms. The highest BCUT2D eigenvalue weighted by Crippen LogP contribution is 2.34. The highest BCUT2D eigenvalue weighted by Gasteiger charge is 2.24. The van der Waals surface area contributed by atoms with E-state index >= 15 is 0 Å². The summed E-state index contributed by atoms with van der Waals surface area (Å²) in [5, 5.41) is 2.93. The molecule has 5 heteroatoms. The van der Waals surface area contributed by atoms with Crippen molar-refractivity contribution in [2.24, 2.45) is 0 Å². The number of amides is 2. The Labute approximate surface area is 142 Å². The Bertz CT molecular complexity index is 707. The molecule has 3 rings (SSSR count). The summed E-state index contributed by atoms with van der Waals surface area (Å²) < 4.78 is 5.94. The van der Waals surface area contributed by atoms with Gasteiger partial charge in [-0.05, 0) is 57.4 Å². The predicted molar refractivity (Wildman–Crippen MR) is 94.0 cm³/mol. The van der Waals surface area contributed by atoms with Crippen molar-refractivity contribution in [3.05, 3.63) is 29.3 Å². The zero-order chi connectivity index (χ0) is 17.3. The fraction of sp³-hybridized carbons (Fsp3) is 0.474. The van der Waals surface area contributed by atoms with Crippen LogP contribution in [0.25, 0.3) is 6.08 Å². The molecule has 0 bridgehead atoms. The highest BCUT2D eigenvalue weighted by molar-refractivity contribution is 5.95. The van der Waals surface area contributed by atoms with Crippen molar-refractivity contribution in [3.8, 4) is 5.75 Å². The van der Waals surface area contributed by atoms with Crippen LogP contribution >= 0.6 is 0 Å². The molecule has 0 saturated carbocycles. The number of fused-ring (bicyclic) bond motifs is 1. The van der Waals surface area contributed by atoms with Gasteiger partial charge in [0.15, 0.2) is 0 Å². The van der Waals surface area contributed by atoms with Crippen LogP contribution < -0.4 is 10.1 Å². The fourth-order valence-electron chi connectivity index (χ4n) is 3.05. The molecule has 0 radical (unpaired) electrons. The van der Waals surface area contributed by atoms with E-state index in [4.69, 9.17) is 4.74 Å². The van der Waals surface area contributed by atoms with Crippen LogP contribution in [-0.2, 0) is 9.59 Å². The summed E-state index contributed by atoms with van der Waals surface area (Å²) in [5.74, 6) is 0.732. The largest absolute Gasteiger partial charge is 0.483 e. The first-order chi connectivity index (χ1) is 11.3. The summed E-state index contributed by atoms with van der Waals surface area (Å²) in [6, 6.07) is 3.87. The molecule has 2 heterocycles. The van der Waals surface area contributed by atoms with Crippen molar-refractivity contribution in [3.63, 3.8) is 0 Å². The van der Waals surface area contributed by atoms with Gasteiger partial charge < -0.3 is 15.0 Å². The van der Waals surface area contributed by atoms with Crippen LogP contribution in [0.1, 0.15) is 44.2 Å². The van der Waals surface area contributed by atoms with Gasteiger partial charge >= 0.3 is 0 Å². The third kappa shape index (κ3) is 3.61. The number of ether oxygens (including phenoxy) is 1. The summed E-state index contributed by atoms with van der Waals surface area (Å²) in [7, 11) is 0. The third-order valence-electron chi connectivity index (χ3n) is 4.42. The SMILES string of the molecule is Cc1cc2c(cc1NC(=O)CN1CCCCC1=O)C=CC(C)(C)O2. The molecule has 1 N–H and O–H groups in total. The lowest BCUT2D eigenvalue weighted by Gasteiger charge is -2.29. The predicted octanol–water partition coefficient (Wildman–Crippen LogP) is 3.13. The van der Waals surface area contributed by atoms with Crippen molar-refractivity contribution < 1.29 is 14.3 Å². The van der Waals surface area contributed by atoms with Crippen LogP contribution in [0, 0.1) is 6.92 Å². The van der Waals surface area contributed by atoms with E-state index in [0.29, 0.717) is 13.0 Å². The molecule has 0 atom stereocenters. The normalized spacial score (nSPS) is 18.8. The smallest absolute Gasteiger partial charge is 0.244 e. The maximum atomic E-state index is 12.3. The average Bonchev–Trinajstić information content (AvgIpc) is 2.50. The molecule has 2 aliphatic rings. The fourth-order valence-corrected chi connectivity index (χ4v) is 3.05. The Morgan fingerprint density at radius 3 is 2.88 bits per heavy atom. The lowest BCUT2D eigenvalue weighted by atomic mass is 10.0. The first-order valence-corrected chi connectivity index (χ1v) is 8.45. The Hall–Kier alpha value is -2.30. The number of carbonyl (C=O) groups is 2. The summed E-state index contributed by atoms with van der Waals surface area (Å²) in [6.07, 6.45) is 6.45. The summed E-state index contributed by atoms with van der Waals surface area (Å²) >= 11 is 0. The van der Waals surface area contributed by atoms with Gasteiger partial charge in [-0.15, -0.1) is 0 Å². The summed E-state index contributed by atoms with van der Waals surface area (Å²) in [6.45, 7) is 6.74. The maximum Gasteiger partial charge on any atom is 0.244 e. The van der Waals surface area contributed by atoms with E-state index in [0.717, 1.165) is 35.4 Å². The van der Waals surface area contributed by atoms with Gasteiger partial charge in [0.05, 0.1) is 6.54 Å². The van der Waals surface area contributed by atoms with Gasteiger partial charge in [-0.1, -0.05) is 6.08 Å². The summed E-state index contributed by atoms with van der Waals surface area (Å²) in [5.41, 5.74) is 2.33. The number of piperidine rings is 1. The average molecular weight is 328 g/mol. The van der Waals surface area contributed by atoms with Crippen molar-refractivity contribution in [2.75, 3.05) is 18.4 Å². The standard InChI is InChI=1S/C19H24N2O3/c1-13-10-16-14(7-8-19(2,3)24-16)11-15(13)20-17(22)12-21-9-5-4-6-18(21)23/h7-8,10-11H,4-6,9,12H2,1-3H3,(H,20,22). The molecule has 2 aliphatic heterocycles. The van der Waals surface area contributed by atoms with Gasteiger partial charge in [0.2, 0.25) is 11.8 Å². The second kappa shape index (κ2) is 6.30. The van der Waals surface area contributed by atoms with E-state index in [2.05, 4.69) is 5.32 Å². The molecule has 1 aromatic rings. The van der Waals surface area contributed by atoms with E-state index in [1.54, 1.807) is 4.90 Å². The molecule has 1 aromatic carbocycles. The monoisotopic (exact) mass is 328 g/mol. The van der Waals surface area contributed by atoms with Crippen molar-refractivity contribution >= 4 is 23.6 Å². The number of aryl methyl sites for hydroxylation is 1. The second-order valence-corrected chi connectivity index (χ2v) is 7.06. The van der Waals surface area contributed by atoms with Gasteiger partial charge in [-0.2, -0.15) is 0 Å². The number of anilines is 1. The van der Waals surface area contributed by atoms with Crippen molar-refractivity contribution in [1.29, 1.82) is 0 Å². The Balaban J connectivity index is 1.71. The van der Waals surface area contributed by atoms with Crippen LogP contribution in [0.2, 0.25) is 0 Å². The molecule has 24 heavy (non-hydrogen) atoms. The quantitative estimate of drug-likeness (QED) is 0.927. The minimum absolute atomic E-state index is 0.0668. The van der Waals surface area contributed by atoms with Crippen LogP contribution in [0.15, 0.2) is 18.2 Å². The van der Waals surface area contributed by atoms with Gasteiger partial charge in [-0.3, -0.25) is 9.59 Å². The number of nitrogens with zero attached hydrogens (tertiary/aromatic N) is 1. The molecular weight excluding hydrogens is 304 g/mol. The van der Waals surface area contributed by atoms with Crippen LogP contribution in [0.3, 0.4) is 0 Å². The number of nitrogens with one attached hydrogen (secondary N) is 1. The maximum absolute atomic E-state index is 12.3. The summed E-state index contributed by atoms with van der Waals surface area (Å²) in [4.78, 5) is 25.8. The molecular formula is C19H24N2O3. The molecule has 0 aromatic heterocycles. The number of carbonyl (C=O) groups excluding carboxylic acids is 2. The topological polar surface area (TPSA) is 58.6 Å². The van der Waals surface area contributed by atoms with Gasteiger partial charge in [-0.25, -0.2) is 0 Å². The van der Waals surface area contributed by atoms with Crippen molar-refractivity contribution in [1.82, 2.24) is 4.90 Å². The zero-order valence-electron chi connectivity index (χ0n) is 14.5. The van der Waals surface area contributed by atoms with E-state index in [9.17, 15) is 9.59 Å². The van der Waals surface area contributed by atoms with E-state index in [1.165, 1.54) is 0 Å².